The second kappa shape index (κ2) is 4.85. The monoisotopic (exact) mass is 263 g/mol. The number of aromatic amines is 1. The molecular formula is C13H21N5O. The lowest BCUT2D eigenvalue weighted by Gasteiger charge is -2.19. The fourth-order valence-electron chi connectivity index (χ4n) is 2.61. The number of H-pyrrole nitrogens is 1. The Morgan fingerprint density at radius 3 is 2.84 bits per heavy atom. The number of hydrogen-bond donors (Lipinski definition) is 2. The summed E-state index contributed by atoms with van der Waals surface area (Å²) in [5.41, 5.74) is 7.99. The SMILES string of the molecule is CN1CCCN(C(=O)c2n[nH]c(C3CC3)c2N)CC1. The Kier molecular flexibility index (Phi) is 3.18. The van der Waals surface area contributed by atoms with Gasteiger partial charge in [-0.05, 0) is 32.9 Å². The Bertz CT molecular complexity index is 479. The van der Waals surface area contributed by atoms with Crippen molar-refractivity contribution in [3.05, 3.63) is 11.4 Å². The third-order valence-electron chi connectivity index (χ3n) is 4.03. The van der Waals surface area contributed by atoms with Crippen LogP contribution >= 0.6 is 0 Å². The van der Waals surface area contributed by atoms with Gasteiger partial charge in [-0.2, -0.15) is 5.10 Å². The van der Waals surface area contributed by atoms with Gasteiger partial charge in [0.15, 0.2) is 5.69 Å². The summed E-state index contributed by atoms with van der Waals surface area (Å²) >= 11 is 0. The van der Waals surface area contributed by atoms with Gasteiger partial charge < -0.3 is 15.5 Å². The lowest BCUT2D eigenvalue weighted by atomic mass is 10.2. The average Bonchev–Trinajstić information content (AvgIpc) is 3.18. The van der Waals surface area contributed by atoms with Gasteiger partial charge in [-0.1, -0.05) is 0 Å². The van der Waals surface area contributed by atoms with Gasteiger partial charge in [0.1, 0.15) is 0 Å². The van der Waals surface area contributed by atoms with Crippen LogP contribution in [0.15, 0.2) is 0 Å². The maximum Gasteiger partial charge on any atom is 0.276 e. The van der Waals surface area contributed by atoms with Crippen LogP contribution < -0.4 is 5.73 Å². The van der Waals surface area contributed by atoms with Crippen LogP contribution in [-0.2, 0) is 0 Å². The summed E-state index contributed by atoms with van der Waals surface area (Å²) < 4.78 is 0. The molecule has 2 heterocycles. The third-order valence-corrected chi connectivity index (χ3v) is 4.03. The minimum absolute atomic E-state index is 0.0315. The summed E-state index contributed by atoms with van der Waals surface area (Å²) in [6.45, 7) is 3.48. The molecule has 3 rings (SSSR count). The molecule has 2 fully saturated rings. The highest BCUT2D eigenvalue weighted by atomic mass is 16.2. The molecule has 1 aliphatic heterocycles. The molecule has 1 aromatic heterocycles. The molecule has 0 radical (unpaired) electrons. The van der Waals surface area contributed by atoms with Crippen LogP contribution in [0.4, 0.5) is 5.69 Å². The molecule has 0 atom stereocenters. The van der Waals surface area contributed by atoms with Crippen LogP contribution in [0.3, 0.4) is 0 Å². The van der Waals surface area contributed by atoms with Crippen LogP contribution in [0.25, 0.3) is 0 Å². The fraction of sp³-hybridized carbons (Fsp3) is 0.692. The molecule has 104 valence electrons. The Hall–Kier alpha value is -1.56. The third kappa shape index (κ3) is 2.45. The summed E-state index contributed by atoms with van der Waals surface area (Å²) in [7, 11) is 2.09. The van der Waals surface area contributed by atoms with Crippen molar-refractivity contribution in [3.63, 3.8) is 0 Å². The van der Waals surface area contributed by atoms with E-state index in [9.17, 15) is 4.79 Å². The number of aromatic nitrogens is 2. The molecule has 2 aliphatic rings. The smallest absolute Gasteiger partial charge is 0.276 e. The van der Waals surface area contributed by atoms with Gasteiger partial charge in [-0.25, -0.2) is 0 Å². The molecule has 0 aromatic carbocycles. The summed E-state index contributed by atoms with van der Waals surface area (Å²) in [5.74, 6) is 0.459. The van der Waals surface area contributed by atoms with E-state index < -0.39 is 0 Å². The molecule has 6 nitrogen and oxygen atoms in total. The average molecular weight is 263 g/mol. The van der Waals surface area contributed by atoms with Gasteiger partial charge in [-0.3, -0.25) is 9.89 Å². The first-order valence-corrected chi connectivity index (χ1v) is 6.98. The molecule has 0 spiro atoms. The van der Waals surface area contributed by atoms with Crippen molar-refractivity contribution in [2.45, 2.75) is 25.2 Å². The summed E-state index contributed by atoms with van der Waals surface area (Å²) in [5, 5.41) is 7.09. The number of rotatable bonds is 2. The second-order valence-electron chi connectivity index (χ2n) is 5.62. The lowest BCUT2D eigenvalue weighted by Crippen LogP contribution is -2.35. The number of carbonyl (C=O) groups is 1. The van der Waals surface area contributed by atoms with E-state index in [0.717, 1.165) is 51.1 Å². The molecule has 1 saturated carbocycles. The van der Waals surface area contributed by atoms with Gasteiger partial charge in [0.05, 0.1) is 11.4 Å². The minimum Gasteiger partial charge on any atom is -0.395 e. The van der Waals surface area contributed by atoms with E-state index >= 15 is 0 Å². The number of hydrogen-bond acceptors (Lipinski definition) is 4. The molecule has 19 heavy (non-hydrogen) atoms. The van der Waals surface area contributed by atoms with Gasteiger partial charge in [0.25, 0.3) is 5.91 Å². The zero-order chi connectivity index (χ0) is 13.4. The Labute approximate surface area is 112 Å². The predicted molar refractivity (Wildman–Crippen MR) is 73.0 cm³/mol. The van der Waals surface area contributed by atoms with Gasteiger partial charge >= 0.3 is 0 Å². The van der Waals surface area contributed by atoms with Gasteiger partial charge in [0, 0.05) is 25.6 Å². The van der Waals surface area contributed by atoms with E-state index in [-0.39, 0.29) is 5.91 Å². The highest BCUT2D eigenvalue weighted by molar-refractivity contribution is 5.97. The standard InChI is InChI=1S/C13H21N5O/c1-17-5-2-6-18(8-7-17)13(19)12-10(14)11(15-16-12)9-3-4-9/h9H,2-8,14H2,1H3,(H,15,16). The summed E-state index contributed by atoms with van der Waals surface area (Å²) in [6.07, 6.45) is 3.30. The first kappa shape index (κ1) is 12.5. The van der Waals surface area contributed by atoms with Crippen molar-refractivity contribution < 1.29 is 4.79 Å². The number of likely N-dealkylation sites (N-methyl/N-ethyl adjacent to an activating group) is 1. The maximum absolute atomic E-state index is 12.5. The number of nitrogens with one attached hydrogen (secondary N) is 1. The predicted octanol–water partition coefficient (Wildman–Crippen LogP) is 0.647. The fourth-order valence-corrected chi connectivity index (χ4v) is 2.61. The topological polar surface area (TPSA) is 78.2 Å². The highest BCUT2D eigenvalue weighted by Crippen LogP contribution is 2.42. The normalized spacial score (nSPS) is 21.4. The molecule has 1 amide bonds. The van der Waals surface area contributed by atoms with Crippen molar-refractivity contribution >= 4 is 11.6 Å². The van der Waals surface area contributed by atoms with Crippen molar-refractivity contribution in [2.75, 3.05) is 39.0 Å². The van der Waals surface area contributed by atoms with Gasteiger partial charge in [0.2, 0.25) is 0 Å². The van der Waals surface area contributed by atoms with Crippen LogP contribution in [0.5, 0.6) is 0 Å². The van der Waals surface area contributed by atoms with Crippen LogP contribution in [0.1, 0.15) is 41.4 Å². The van der Waals surface area contributed by atoms with E-state index in [2.05, 4.69) is 22.1 Å². The Balaban J connectivity index is 1.75. The van der Waals surface area contributed by atoms with Crippen molar-refractivity contribution in [2.24, 2.45) is 0 Å². The number of nitrogens with zero attached hydrogens (tertiary/aromatic N) is 3. The molecule has 1 aliphatic carbocycles. The number of nitrogens with two attached hydrogens (primary N) is 1. The van der Waals surface area contributed by atoms with Crippen LogP contribution in [0.2, 0.25) is 0 Å². The molecule has 6 heteroatoms. The summed E-state index contributed by atoms with van der Waals surface area (Å²) in [6, 6.07) is 0. The first-order valence-electron chi connectivity index (χ1n) is 6.98. The maximum atomic E-state index is 12.5. The largest absolute Gasteiger partial charge is 0.395 e. The quantitative estimate of drug-likeness (QED) is 0.821. The van der Waals surface area contributed by atoms with E-state index in [4.69, 9.17) is 5.73 Å². The number of amides is 1. The van der Waals surface area contributed by atoms with Crippen LogP contribution in [-0.4, -0.2) is 59.1 Å². The zero-order valence-corrected chi connectivity index (χ0v) is 11.4. The van der Waals surface area contributed by atoms with E-state index in [1.54, 1.807) is 0 Å². The van der Waals surface area contributed by atoms with Crippen LogP contribution in [0, 0.1) is 0 Å². The van der Waals surface area contributed by atoms with Gasteiger partial charge in [-0.15, -0.1) is 0 Å². The number of carbonyl (C=O) groups excluding carboxylic acids is 1. The molecular weight excluding hydrogens is 242 g/mol. The van der Waals surface area contributed by atoms with Crippen molar-refractivity contribution in [1.82, 2.24) is 20.0 Å². The Morgan fingerprint density at radius 1 is 1.32 bits per heavy atom. The first-order chi connectivity index (χ1) is 9.16. The molecule has 0 bridgehead atoms. The molecule has 1 saturated heterocycles. The molecule has 0 unspecified atom stereocenters. The number of anilines is 1. The zero-order valence-electron chi connectivity index (χ0n) is 11.4. The minimum atomic E-state index is -0.0315. The van der Waals surface area contributed by atoms with Crippen molar-refractivity contribution in [1.29, 1.82) is 0 Å². The highest BCUT2D eigenvalue weighted by Gasteiger charge is 2.31. The van der Waals surface area contributed by atoms with E-state index in [1.807, 2.05) is 4.90 Å². The number of nitrogen functional groups attached to an aromatic ring is 1. The molecule has 3 N–H and O–H groups in total. The van der Waals surface area contributed by atoms with Crippen molar-refractivity contribution in [3.8, 4) is 0 Å². The summed E-state index contributed by atoms with van der Waals surface area (Å²) in [4.78, 5) is 16.6. The second-order valence-corrected chi connectivity index (χ2v) is 5.62. The van der Waals surface area contributed by atoms with E-state index in [1.165, 1.54) is 0 Å². The lowest BCUT2D eigenvalue weighted by molar-refractivity contribution is 0.0758. The molecule has 1 aromatic rings. The Morgan fingerprint density at radius 2 is 2.11 bits per heavy atom. The van der Waals surface area contributed by atoms with E-state index in [0.29, 0.717) is 17.3 Å².